The van der Waals surface area contributed by atoms with Crippen molar-refractivity contribution in [3.8, 4) is 0 Å². The zero-order chi connectivity index (χ0) is 18.4. The Balaban J connectivity index is 3.04. The minimum absolute atomic E-state index is 0.446. The van der Waals surface area contributed by atoms with Gasteiger partial charge in [0.05, 0.1) is 0 Å². The predicted octanol–water partition coefficient (Wildman–Crippen LogP) is 0.0390. The van der Waals surface area contributed by atoms with Crippen molar-refractivity contribution in [3.63, 3.8) is 0 Å². The maximum Gasteiger partial charge on any atom is 0.305 e. The van der Waals surface area contributed by atoms with E-state index in [1.807, 2.05) is 0 Å². The van der Waals surface area contributed by atoms with E-state index in [0.717, 1.165) is 27.7 Å². The van der Waals surface area contributed by atoms with Crippen LogP contribution < -0.4 is 0 Å². The Labute approximate surface area is 137 Å². The number of hydrogen-bond donors (Lipinski definition) is 0. The Bertz CT molecular complexity index is 504. The minimum atomic E-state index is -2.06. The normalized spacial score (nSPS) is 29.3. The minimum Gasteiger partial charge on any atom is -0.463 e. The smallest absolute Gasteiger partial charge is 0.305 e. The van der Waals surface area contributed by atoms with Crippen LogP contribution in [0.3, 0.4) is 0 Å². The first-order valence-electron chi connectivity index (χ1n) is 7.06. The van der Waals surface area contributed by atoms with E-state index in [1.165, 1.54) is 0 Å². The van der Waals surface area contributed by atoms with E-state index < -0.39 is 61.3 Å². The predicted molar refractivity (Wildman–Crippen MR) is 73.1 cm³/mol. The fourth-order valence-corrected chi connectivity index (χ4v) is 2.11. The molecule has 0 spiro atoms. The quantitative estimate of drug-likeness (QED) is 0.500. The lowest BCUT2D eigenvalue weighted by Crippen LogP contribution is -2.60. The summed E-state index contributed by atoms with van der Waals surface area (Å²) in [7, 11) is 0. The molecule has 1 aliphatic rings. The molecule has 0 radical (unpaired) electrons. The highest BCUT2D eigenvalue weighted by molar-refractivity contribution is 5.68. The number of ether oxygens (including phenoxy) is 5. The standard InChI is InChI=1S/C14H19FO9/c1-6(16)20-5-10-12(21-7(2)17)11(15)13(22-8(3)18)14(24-10)23-9(4)19/h10-14H,5H2,1-4H3/t10-,11+,12+,13-,14?/m1/s1. The van der Waals surface area contributed by atoms with E-state index in [2.05, 4.69) is 0 Å². The van der Waals surface area contributed by atoms with Crippen LogP contribution in [-0.4, -0.2) is 61.3 Å². The summed E-state index contributed by atoms with van der Waals surface area (Å²) in [5, 5.41) is 0. The van der Waals surface area contributed by atoms with Gasteiger partial charge in [-0.2, -0.15) is 0 Å². The van der Waals surface area contributed by atoms with E-state index in [4.69, 9.17) is 23.7 Å². The Morgan fingerprint density at radius 3 is 1.79 bits per heavy atom. The van der Waals surface area contributed by atoms with Gasteiger partial charge >= 0.3 is 23.9 Å². The van der Waals surface area contributed by atoms with Gasteiger partial charge in [0.15, 0.2) is 18.4 Å². The number of carbonyl (C=O) groups is 4. The van der Waals surface area contributed by atoms with Crippen LogP contribution in [-0.2, 0) is 42.9 Å². The van der Waals surface area contributed by atoms with Gasteiger partial charge in [-0.15, -0.1) is 0 Å². The lowest BCUT2D eigenvalue weighted by Gasteiger charge is -2.41. The summed E-state index contributed by atoms with van der Waals surface area (Å²) in [6, 6.07) is 0. The first-order chi connectivity index (χ1) is 11.1. The van der Waals surface area contributed by atoms with Crippen LogP contribution in [0.25, 0.3) is 0 Å². The first kappa shape index (κ1) is 19.8. The first-order valence-corrected chi connectivity index (χ1v) is 7.06. The van der Waals surface area contributed by atoms with Crippen molar-refractivity contribution in [2.24, 2.45) is 0 Å². The van der Waals surface area contributed by atoms with E-state index in [9.17, 15) is 23.6 Å². The van der Waals surface area contributed by atoms with Gasteiger partial charge in [0.25, 0.3) is 0 Å². The van der Waals surface area contributed by atoms with Gasteiger partial charge < -0.3 is 23.7 Å². The highest BCUT2D eigenvalue weighted by atomic mass is 19.1. The summed E-state index contributed by atoms with van der Waals surface area (Å²) in [6.07, 6.45) is -8.03. The van der Waals surface area contributed by atoms with Gasteiger partial charge in [-0.3, -0.25) is 19.2 Å². The average Bonchev–Trinajstić information content (AvgIpc) is 2.42. The monoisotopic (exact) mass is 350 g/mol. The van der Waals surface area contributed by atoms with Crippen molar-refractivity contribution in [2.45, 2.75) is 58.5 Å². The molecule has 5 atom stereocenters. The lowest BCUT2D eigenvalue weighted by molar-refractivity contribution is -0.288. The number of hydrogen-bond acceptors (Lipinski definition) is 9. The van der Waals surface area contributed by atoms with Crippen molar-refractivity contribution >= 4 is 23.9 Å². The summed E-state index contributed by atoms with van der Waals surface area (Å²) in [5.74, 6) is -3.13. The summed E-state index contributed by atoms with van der Waals surface area (Å²) >= 11 is 0. The Hall–Kier alpha value is -2.23. The number of carbonyl (C=O) groups excluding carboxylic acids is 4. The second kappa shape index (κ2) is 8.57. The van der Waals surface area contributed by atoms with Crippen molar-refractivity contribution in [2.75, 3.05) is 6.61 Å². The maximum atomic E-state index is 14.7. The van der Waals surface area contributed by atoms with Crippen molar-refractivity contribution in [1.82, 2.24) is 0 Å². The summed E-state index contributed by atoms with van der Waals surface area (Å²) in [5.41, 5.74) is 0. The Morgan fingerprint density at radius 2 is 1.33 bits per heavy atom. The van der Waals surface area contributed by atoms with Crippen LogP contribution in [0, 0.1) is 0 Å². The molecule has 0 saturated carbocycles. The molecule has 1 saturated heterocycles. The average molecular weight is 350 g/mol. The number of alkyl halides is 1. The molecule has 1 rings (SSSR count). The van der Waals surface area contributed by atoms with Gasteiger partial charge in [-0.25, -0.2) is 4.39 Å². The number of halogens is 1. The number of rotatable bonds is 5. The van der Waals surface area contributed by atoms with E-state index in [0.29, 0.717) is 0 Å². The molecule has 1 heterocycles. The molecule has 0 aromatic carbocycles. The summed E-state index contributed by atoms with van der Waals surface area (Å²) < 4.78 is 39.3. The van der Waals surface area contributed by atoms with Crippen LogP contribution in [0.4, 0.5) is 4.39 Å². The SMILES string of the molecule is CC(=O)OC[C@H]1OC(OC(C)=O)[C@H](OC(C)=O)[C@@H](F)[C@H]1OC(C)=O. The van der Waals surface area contributed by atoms with Gasteiger partial charge in [-0.05, 0) is 0 Å². The molecule has 9 nitrogen and oxygen atoms in total. The fraction of sp³-hybridized carbons (Fsp3) is 0.714. The third kappa shape index (κ3) is 5.76. The molecule has 1 unspecified atom stereocenters. The number of esters is 4. The van der Waals surface area contributed by atoms with Crippen LogP contribution in [0.2, 0.25) is 0 Å². The van der Waals surface area contributed by atoms with Gasteiger partial charge in [0, 0.05) is 27.7 Å². The zero-order valence-corrected chi connectivity index (χ0v) is 13.6. The molecular weight excluding hydrogens is 331 g/mol. The molecule has 0 bridgehead atoms. The Morgan fingerprint density at radius 1 is 0.833 bits per heavy atom. The van der Waals surface area contributed by atoms with Crippen molar-refractivity contribution < 1.29 is 47.3 Å². The van der Waals surface area contributed by atoms with Crippen LogP contribution in [0.1, 0.15) is 27.7 Å². The molecule has 0 aromatic heterocycles. The molecular formula is C14H19FO9. The topological polar surface area (TPSA) is 114 Å². The highest BCUT2D eigenvalue weighted by Crippen LogP contribution is 2.29. The molecule has 1 aliphatic heterocycles. The maximum absolute atomic E-state index is 14.7. The van der Waals surface area contributed by atoms with Gasteiger partial charge in [0.1, 0.15) is 12.7 Å². The zero-order valence-electron chi connectivity index (χ0n) is 13.6. The molecule has 1 fully saturated rings. The lowest BCUT2D eigenvalue weighted by atomic mass is 10.00. The van der Waals surface area contributed by atoms with E-state index in [1.54, 1.807) is 0 Å². The van der Waals surface area contributed by atoms with E-state index >= 15 is 0 Å². The molecule has 0 N–H and O–H groups in total. The third-order valence-corrected chi connectivity index (χ3v) is 2.91. The van der Waals surface area contributed by atoms with Crippen molar-refractivity contribution in [3.05, 3.63) is 0 Å². The molecule has 0 amide bonds. The van der Waals surface area contributed by atoms with Crippen LogP contribution >= 0.6 is 0 Å². The van der Waals surface area contributed by atoms with Crippen LogP contribution in [0.15, 0.2) is 0 Å². The molecule has 136 valence electrons. The fourth-order valence-electron chi connectivity index (χ4n) is 2.11. The van der Waals surface area contributed by atoms with Crippen LogP contribution in [0.5, 0.6) is 0 Å². The molecule has 0 aliphatic carbocycles. The third-order valence-electron chi connectivity index (χ3n) is 2.91. The second-order valence-electron chi connectivity index (χ2n) is 5.05. The largest absolute Gasteiger partial charge is 0.463 e. The molecule has 10 heteroatoms. The van der Waals surface area contributed by atoms with E-state index in [-0.39, 0.29) is 0 Å². The van der Waals surface area contributed by atoms with Gasteiger partial charge in [0.2, 0.25) is 6.29 Å². The highest BCUT2D eigenvalue weighted by Gasteiger charge is 2.52. The van der Waals surface area contributed by atoms with Gasteiger partial charge in [-0.1, -0.05) is 0 Å². The second-order valence-corrected chi connectivity index (χ2v) is 5.05. The molecule has 0 aromatic rings. The Kier molecular flexibility index (Phi) is 7.08. The summed E-state index contributed by atoms with van der Waals surface area (Å²) in [4.78, 5) is 44.4. The van der Waals surface area contributed by atoms with Crippen molar-refractivity contribution in [1.29, 1.82) is 0 Å². The summed E-state index contributed by atoms with van der Waals surface area (Å²) in [6.45, 7) is 3.82. The molecule has 24 heavy (non-hydrogen) atoms.